The maximum Gasteiger partial charge on any atom is 0.166 e. The molecule has 4 heteroatoms. The highest BCUT2D eigenvalue weighted by Gasteiger charge is 2.12. The number of nitrogens with one attached hydrogen (secondary N) is 1. The Balaban J connectivity index is 1.80. The first kappa shape index (κ1) is 20.1. The van der Waals surface area contributed by atoms with E-state index < -0.39 is 0 Å². The molecule has 3 nitrogen and oxygen atoms in total. The molecule has 0 amide bonds. The van der Waals surface area contributed by atoms with Gasteiger partial charge in [0.2, 0.25) is 0 Å². The van der Waals surface area contributed by atoms with E-state index in [0.717, 1.165) is 28.3 Å². The first-order valence-corrected chi connectivity index (χ1v) is 9.88. The van der Waals surface area contributed by atoms with Crippen LogP contribution in [0.1, 0.15) is 29.2 Å². The van der Waals surface area contributed by atoms with Gasteiger partial charge in [-0.3, -0.25) is 0 Å². The van der Waals surface area contributed by atoms with E-state index in [2.05, 4.69) is 43.4 Å². The molecule has 0 spiro atoms. The molecule has 146 valence electrons. The lowest BCUT2D eigenvalue weighted by Gasteiger charge is -2.17. The van der Waals surface area contributed by atoms with Crippen LogP contribution in [0, 0.1) is 13.8 Å². The third-order valence-corrected chi connectivity index (χ3v) is 5.05. The minimum absolute atomic E-state index is 0.389. The fourth-order valence-electron chi connectivity index (χ4n) is 2.95. The maximum absolute atomic E-state index is 6.28. The Kier molecular flexibility index (Phi) is 6.83. The molecular formula is C24H26ClNO2. The van der Waals surface area contributed by atoms with Crippen LogP contribution in [0.25, 0.3) is 0 Å². The molecule has 0 fully saturated rings. The molecule has 0 saturated heterocycles. The Hall–Kier alpha value is -2.65. The molecule has 3 aromatic carbocycles. The minimum Gasteiger partial charge on any atom is -0.490 e. The number of hydrogen-bond donors (Lipinski definition) is 1. The van der Waals surface area contributed by atoms with Crippen molar-refractivity contribution in [3.05, 3.63) is 87.9 Å². The SMILES string of the molecule is CCOc1cccc(CNc2ccc(C)c(C)c2)c1OCc1ccccc1Cl. The van der Waals surface area contributed by atoms with Crippen molar-refractivity contribution in [2.24, 2.45) is 0 Å². The third kappa shape index (κ3) is 4.99. The van der Waals surface area contributed by atoms with Crippen LogP contribution in [0.2, 0.25) is 5.02 Å². The summed E-state index contributed by atoms with van der Waals surface area (Å²) in [5.74, 6) is 1.49. The second-order valence-corrected chi connectivity index (χ2v) is 7.12. The number of benzene rings is 3. The Morgan fingerprint density at radius 2 is 1.64 bits per heavy atom. The molecule has 0 aliphatic carbocycles. The Labute approximate surface area is 172 Å². The van der Waals surface area contributed by atoms with Gasteiger partial charge >= 0.3 is 0 Å². The van der Waals surface area contributed by atoms with Crippen LogP contribution in [-0.4, -0.2) is 6.61 Å². The van der Waals surface area contributed by atoms with Crippen molar-refractivity contribution >= 4 is 17.3 Å². The van der Waals surface area contributed by atoms with E-state index in [9.17, 15) is 0 Å². The second kappa shape index (κ2) is 9.52. The van der Waals surface area contributed by atoms with Gasteiger partial charge in [-0.2, -0.15) is 0 Å². The van der Waals surface area contributed by atoms with Gasteiger partial charge in [-0.1, -0.05) is 48.0 Å². The summed E-state index contributed by atoms with van der Waals surface area (Å²) in [4.78, 5) is 0. The molecule has 0 saturated carbocycles. The second-order valence-electron chi connectivity index (χ2n) is 6.71. The van der Waals surface area contributed by atoms with Gasteiger partial charge in [0.25, 0.3) is 0 Å². The van der Waals surface area contributed by atoms with Crippen molar-refractivity contribution in [3.8, 4) is 11.5 Å². The summed E-state index contributed by atoms with van der Waals surface area (Å²) in [6.45, 7) is 7.82. The van der Waals surface area contributed by atoms with Gasteiger partial charge in [0.15, 0.2) is 11.5 Å². The number of rotatable bonds is 8. The highest BCUT2D eigenvalue weighted by Crippen LogP contribution is 2.33. The first-order valence-electron chi connectivity index (χ1n) is 9.50. The molecule has 0 aliphatic heterocycles. The van der Waals surface area contributed by atoms with Gasteiger partial charge in [0.05, 0.1) is 6.61 Å². The van der Waals surface area contributed by atoms with Crippen LogP contribution in [0.5, 0.6) is 11.5 Å². The maximum atomic E-state index is 6.28. The van der Waals surface area contributed by atoms with Gasteiger partial charge in [-0.25, -0.2) is 0 Å². The van der Waals surface area contributed by atoms with Gasteiger partial charge in [0.1, 0.15) is 6.61 Å². The average molecular weight is 396 g/mol. The molecule has 0 heterocycles. The summed E-state index contributed by atoms with van der Waals surface area (Å²) >= 11 is 6.28. The number of aryl methyl sites for hydroxylation is 2. The van der Waals surface area contributed by atoms with Gasteiger partial charge in [-0.15, -0.1) is 0 Å². The van der Waals surface area contributed by atoms with Crippen LogP contribution in [0.3, 0.4) is 0 Å². The van der Waals surface area contributed by atoms with Crippen LogP contribution in [0.15, 0.2) is 60.7 Å². The Morgan fingerprint density at radius 1 is 0.857 bits per heavy atom. The largest absolute Gasteiger partial charge is 0.490 e. The zero-order valence-corrected chi connectivity index (χ0v) is 17.3. The van der Waals surface area contributed by atoms with Crippen LogP contribution in [-0.2, 0) is 13.2 Å². The summed E-state index contributed by atoms with van der Waals surface area (Å²) in [6, 6.07) is 20.1. The molecule has 0 aromatic heterocycles. The third-order valence-electron chi connectivity index (χ3n) is 4.68. The number of para-hydroxylation sites is 1. The van der Waals surface area contributed by atoms with E-state index in [0.29, 0.717) is 24.8 Å². The van der Waals surface area contributed by atoms with Crippen molar-refractivity contribution < 1.29 is 9.47 Å². The highest BCUT2D eigenvalue weighted by atomic mass is 35.5. The number of ether oxygens (including phenoxy) is 2. The standard InChI is InChI=1S/C24H26ClNO2/c1-4-27-23-11-7-9-19(15-26-21-13-12-17(2)18(3)14-21)24(23)28-16-20-8-5-6-10-22(20)25/h5-14,26H,4,15-16H2,1-3H3. The topological polar surface area (TPSA) is 30.5 Å². The number of anilines is 1. The Morgan fingerprint density at radius 3 is 2.39 bits per heavy atom. The molecule has 3 aromatic rings. The smallest absolute Gasteiger partial charge is 0.166 e. The molecule has 3 rings (SSSR count). The van der Waals surface area contributed by atoms with Crippen molar-refractivity contribution in [2.75, 3.05) is 11.9 Å². The molecule has 1 N–H and O–H groups in total. The van der Waals surface area contributed by atoms with Crippen LogP contribution >= 0.6 is 11.6 Å². The monoisotopic (exact) mass is 395 g/mol. The lowest BCUT2D eigenvalue weighted by atomic mass is 10.1. The molecule has 28 heavy (non-hydrogen) atoms. The van der Waals surface area contributed by atoms with E-state index in [1.54, 1.807) is 0 Å². The quantitative estimate of drug-likeness (QED) is 0.469. The van der Waals surface area contributed by atoms with E-state index in [1.165, 1.54) is 11.1 Å². The van der Waals surface area contributed by atoms with Crippen molar-refractivity contribution in [1.29, 1.82) is 0 Å². The highest BCUT2D eigenvalue weighted by molar-refractivity contribution is 6.31. The summed E-state index contributed by atoms with van der Waals surface area (Å²) in [5.41, 5.74) is 5.62. The molecule has 0 radical (unpaired) electrons. The van der Waals surface area contributed by atoms with Gasteiger partial charge < -0.3 is 14.8 Å². The van der Waals surface area contributed by atoms with E-state index in [-0.39, 0.29) is 0 Å². The molecule has 0 unspecified atom stereocenters. The molecular weight excluding hydrogens is 370 g/mol. The Bertz CT molecular complexity index is 940. The molecule has 0 aliphatic rings. The summed E-state index contributed by atoms with van der Waals surface area (Å²) in [5, 5.41) is 4.19. The minimum atomic E-state index is 0.389. The summed E-state index contributed by atoms with van der Waals surface area (Å²) in [7, 11) is 0. The summed E-state index contributed by atoms with van der Waals surface area (Å²) in [6.07, 6.45) is 0. The zero-order valence-electron chi connectivity index (χ0n) is 16.6. The van der Waals surface area contributed by atoms with Gasteiger partial charge in [0, 0.05) is 28.4 Å². The number of halogens is 1. The molecule has 0 bridgehead atoms. The van der Waals surface area contributed by atoms with Crippen LogP contribution in [0.4, 0.5) is 5.69 Å². The normalized spacial score (nSPS) is 10.6. The van der Waals surface area contributed by atoms with E-state index in [4.69, 9.17) is 21.1 Å². The van der Waals surface area contributed by atoms with Crippen molar-refractivity contribution in [1.82, 2.24) is 0 Å². The van der Waals surface area contributed by atoms with Gasteiger partial charge in [-0.05, 0) is 56.2 Å². The number of hydrogen-bond acceptors (Lipinski definition) is 3. The zero-order chi connectivity index (χ0) is 19.9. The fourth-order valence-corrected chi connectivity index (χ4v) is 3.14. The fraction of sp³-hybridized carbons (Fsp3) is 0.250. The van der Waals surface area contributed by atoms with E-state index in [1.807, 2.05) is 43.3 Å². The predicted octanol–water partition coefficient (Wildman–Crippen LogP) is 6.55. The van der Waals surface area contributed by atoms with E-state index >= 15 is 0 Å². The predicted molar refractivity (Wildman–Crippen MR) is 117 cm³/mol. The lowest BCUT2D eigenvalue weighted by molar-refractivity contribution is 0.267. The molecule has 0 atom stereocenters. The van der Waals surface area contributed by atoms with Crippen molar-refractivity contribution in [2.45, 2.75) is 33.9 Å². The summed E-state index contributed by atoms with van der Waals surface area (Å²) < 4.78 is 12.0. The van der Waals surface area contributed by atoms with Crippen molar-refractivity contribution in [3.63, 3.8) is 0 Å². The lowest BCUT2D eigenvalue weighted by Crippen LogP contribution is -2.06. The first-order chi connectivity index (χ1) is 13.6. The average Bonchev–Trinajstić information content (AvgIpc) is 2.69. The van der Waals surface area contributed by atoms with Crippen LogP contribution < -0.4 is 14.8 Å².